The number of nitrogens with zero attached hydrogens (tertiary/aromatic N) is 2. The average Bonchev–Trinajstić information content (AvgIpc) is 2.62. The number of aryl methyl sites for hydroxylation is 2. The van der Waals surface area contributed by atoms with Crippen LogP contribution in [0.4, 0.5) is 0 Å². The number of aliphatic hydroxyl groups is 1. The molecule has 0 radical (unpaired) electrons. The van der Waals surface area contributed by atoms with Crippen molar-refractivity contribution in [1.29, 1.82) is 0 Å². The molecule has 1 unspecified atom stereocenters. The van der Waals surface area contributed by atoms with Crippen LogP contribution < -0.4 is 0 Å². The first-order valence-corrected chi connectivity index (χ1v) is 5.46. The molecule has 0 bridgehead atoms. The van der Waals surface area contributed by atoms with Crippen LogP contribution in [-0.2, 0) is 13.0 Å². The minimum atomic E-state index is -0.179. The minimum absolute atomic E-state index is 0.179. The van der Waals surface area contributed by atoms with Crippen molar-refractivity contribution in [2.75, 3.05) is 0 Å². The van der Waals surface area contributed by atoms with E-state index in [9.17, 15) is 5.11 Å². The van der Waals surface area contributed by atoms with Crippen LogP contribution in [0, 0.1) is 0 Å². The van der Waals surface area contributed by atoms with E-state index in [-0.39, 0.29) is 6.10 Å². The Morgan fingerprint density at radius 3 is 2.93 bits per heavy atom. The van der Waals surface area contributed by atoms with Crippen LogP contribution in [0.2, 0.25) is 0 Å². The molecule has 0 aliphatic rings. The molecule has 0 amide bonds. The Balaban J connectivity index is 2.45. The Morgan fingerprint density at radius 1 is 1.50 bits per heavy atom. The van der Waals surface area contributed by atoms with Crippen molar-refractivity contribution in [2.24, 2.45) is 0 Å². The van der Waals surface area contributed by atoms with Crippen molar-refractivity contribution in [3.05, 3.63) is 18.2 Å². The van der Waals surface area contributed by atoms with E-state index in [4.69, 9.17) is 0 Å². The third kappa shape index (κ3) is 3.14. The first kappa shape index (κ1) is 11.2. The Morgan fingerprint density at radius 2 is 2.29 bits per heavy atom. The summed E-state index contributed by atoms with van der Waals surface area (Å²) in [6.07, 6.45) is 7.32. The molecule has 0 aromatic carbocycles. The first-order chi connectivity index (χ1) is 6.77. The standard InChI is InChI=1S/C11H20N2O/c1-3-8-13-9-7-12-11(13)6-5-10(14)4-2/h7,9-10,14H,3-6,8H2,1-2H3. The van der Waals surface area contributed by atoms with Gasteiger partial charge < -0.3 is 9.67 Å². The molecule has 80 valence electrons. The lowest BCUT2D eigenvalue weighted by molar-refractivity contribution is 0.159. The van der Waals surface area contributed by atoms with Crippen molar-refractivity contribution in [1.82, 2.24) is 9.55 Å². The number of rotatable bonds is 6. The highest BCUT2D eigenvalue weighted by atomic mass is 16.3. The van der Waals surface area contributed by atoms with Crippen molar-refractivity contribution in [3.8, 4) is 0 Å². The predicted molar refractivity (Wildman–Crippen MR) is 57.1 cm³/mol. The Kier molecular flexibility index (Phi) is 4.66. The first-order valence-electron chi connectivity index (χ1n) is 5.46. The van der Waals surface area contributed by atoms with Gasteiger partial charge in [0, 0.05) is 25.4 Å². The van der Waals surface area contributed by atoms with Gasteiger partial charge in [-0.15, -0.1) is 0 Å². The number of aliphatic hydroxyl groups excluding tert-OH is 1. The van der Waals surface area contributed by atoms with Gasteiger partial charge in [0.05, 0.1) is 6.10 Å². The molecule has 1 N–H and O–H groups in total. The monoisotopic (exact) mass is 196 g/mol. The van der Waals surface area contributed by atoms with E-state index >= 15 is 0 Å². The molecule has 0 fully saturated rings. The summed E-state index contributed by atoms with van der Waals surface area (Å²) in [6, 6.07) is 0. The van der Waals surface area contributed by atoms with Crippen molar-refractivity contribution >= 4 is 0 Å². The number of aromatic nitrogens is 2. The fourth-order valence-corrected chi connectivity index (χ4v) is 1.51. The van der Waals surface area contributed by atoms with E-state index in [1.807, 2.05) is 19.3 Å². The topological polar surface area (TPSA) is 38.0 Å². The highest BCUT2D eigenvalue weighted by molar-refractivity contribution is 4.92. The molecule has 3 heteroatoms. The van der Waals surface area contributed by atoms with Crippen molar-refractivity contribution in [2.45, 2.75) is 52.2 Å². The van der Waals surface area contributed by atoms with Gasteiger partial charge in [-0.25, -0.2) is 4.98 Å². The van der Waals surface area contributed by atoms with E-state index < -0.39 is 0 Å². The molecule has 1 atom stereocenters. The lowest BCUT2D eigenvalue weighted by atomic mass is 10.1. The maximum atomic E-state index is 9.44. The number of hydrogen-bond acceptors (Lipinski definition) is 2. The zero-order chi connectivity index (χ0) is 10.4. The van der Waals surface area contributed by atoms with E-state index in [0.29, 0.717) is 0 Å². The molecule has 1 heterocycles. The zero-order valence-corrected chi connectivity index (χ0v) is 9.11. The van der Waals surface area contributed by atoms with Gasteiger partial charge in [0.25, 0.3) is 0 Å². The molecule has 3 nitrogen and oxygen atoms in total. The highest BCUT2D eigenvalue weighted by Gasteiger charge is 2.05. The van der Waals surface area contributed by atoms with Crippen LogP contribution in [0.5, 0.6) is 0 Å². The summed E-state index contributed by atoms with van der Waals surface area (Å²) in [7, 11) is 0. The second-order valence-corrected chi connectivity index (χ2v) is 3.64. The van der Waals surface area contributed by atoms with E-state index in [1.165, 1.54) is 0 Å². The molecule has 0 aliphatic heterocycles. The van der Waals surface area contributed by atoms with Crippen LogP contribution in [0.25, 0.3) is 0 Å². The fourth-order valence-electron chi connectivity index (χ4n) is 1.51. The molecule has 0 aliphatic carbocycles. The maximum absolute atomic E-state index is 9.44. The fraction of sp³-hybridized carbons (Fsp3) is 0.727. The van der Waals surface area contributed by atoms with Gasteiger partial charge in [-0.1, -0.05) is 13.8 Å². The highest BCUT2D eigenvalue weighted by Crippen LogP contribution is 2.06. The van der Waals surface area contributed by atoms with Crippen LogP contribution >= 0.6 is 0 Å². The van der Waals surface area contributed by atoms with E-state index in [1.54, 1.807) is 0 Å². The Hall–Kier alpha value is -0.830. The van der Waals surface area contributed by atoms with Crippen molar-refractivity contribution < 1.29 is 5.11 Å². The van der Waals surface area contributed by atoms with Crippen LogP contribution in [0.15, 0.2) is 12.4 Å². The zero-order valence-electron chi connectivity index (χ0n) is 9.11. The molecular weight excluding hydrogens is 176 g/mol. The van der Waals surface area contributed by atoms with Gasteiger partial charge in [0.15, 0.2) is 0 Å². The molecule has 0 spiro atoms. The average molecular weight is 196 g/mol. The second kappa shape index (κ2) is 5.81. The summed E-state index contributed by atoms with van der Waals surface area (Å²) in [5.74, 6) is 1.10. The third-order valence-corrected chi connectivity index (χ3v) is 2.44. The summed E-state index contributed by atoms with van der Waals surface area (Å²) in [4.78, 5) is 4.29. The maximum Gasteiger partial charge on any atom is 0.108 e. The molecule has 0 saturated heterocycles. The minimum Gasteiger partial charge on any atom is -0.393 e. The smallest absolute Gasteiger partial charge is 0.108 e. The molecule has 0 saturated carbocycles. The Bertz CT molecular complexity index is 258. The SMILES string of the molecule is CCCn1ccnc1CCC(O)CC. The summed E-state index contributed by atoms with van der Waals surface area (Å²) in [6.45, 7) is 5.19. The van der Waals surface area contributed by atoms with Crippen LogP contribution in [-0.4, -0.2) is 20.8 Å². The molecule has 1 rings (SSSR count). The number of hydrogen-bond donors (Lipinski definition) is 1. The summed E-state index contributed by atoms with van der Waals surface area (Å²) in [5.41, 5.74) is 0. The molecule has 1 aromatic rings. The van der Waals surface area contributed by atoms with Gasteiger partial charge in [0.1, 0.15) is 5.82 Å². The van der Waals surface area contributed by atoms with Crippen LogP contribution in [0.3, 0.4) is 0 Å². The van der Waals surface area contributed by atoms with Crippen LogP contribution in [0.1, 0.15) is 38.9 Å². The van der Waals surface area contributed by atoms with Gasteiger partial charge >= 0.3 is 0 Å². The molecule has 1 aromatic heterocycles. The van der Waals surface area contributed by atoms with E-state index in [2.05, 4.69) is 16.5 Å². The lowest BCUT2D eigenvalue weighted by Crippen LogP contribution is -2.09. The molecular formula is C11H20N2O. The molecule has 14 heavy (non-hydrogen) atoms. The lowest BCUT2D eigenvalue weighted by Gasteiger charge is -2.08. The summed E-state index contributed by atoms with van der Waals surface area (Å²) in [5, 5.41) is 9.44. The predicted octanol–water partition coefficient (Wildman–Crippen LogP) is 2.00. The normalized spacial score (nSPS) is 13.1. The summed E-state index contributed by atoms with van der Waals surface area (Å²) >= 11 is 0. The largest absolute Gasteiger partial charge is 0.393 e. The number of imidazole rings is 1. The second-order valence-electron chi connectivity index (χ2n) is 3.64. The van der Waals surface area contributed by atoms with Gasteiger partial charge in [0.2, 0.25) is 0 Å². The summed E-state index contributed by atoms with van der Waals surface area (Å²) < 4.78 is 2.17. The Labute approximate surface area is 85.8 Å². The quantitative estimate of drug-likeness (QED) is 0.755. The third-order valence-electron chi connectivity index (χ3n) is 2.44. The van der Waals surface area contributed by atoms with Gasteiger partial charge in [-0.2, -0.15) is 0 Å². The van der Waals surface area contributed by atoms with Gasteiger partial charge in [-0.05, 0) is 19.3 Å². The van der Waals surface area contributed by atoms with Crippen molar-refractivity contribution in [3.63, 3.8) is 0 Å². The van der Waals surface area contributed by atoms with Gasteiger partial charge in [-0.3, -0.25) is 0 Å². The van der Waals surface area contributed by atoms with E-state index in [0.717, 1.165) is 38.1 Å².